The highest BCUT2D eigenvalue weighted by molar-refractivity contribution is 5.99. The lowest BCUT2D eigenvalue weighted by atomic mass is 9.79. The minimum Gasteiger partial charge on any atom is -0.361 e. The Morgan fingerprint density at radius 3 is 2.81 bits per heavy atom. The van der Waals surface area contributed by atoms with Gasteiger partial charge in [-0.15, -0.1) is 0 Å². The van der Waals surface area contributed by atoms with Crippen LogP contribution in [-0.2, 0) is 11.2 Å². The van der Waals surface area contributed by atoms with Gasteiger partial charge in [0.2, 0.25) is 5.91 Å². The third-order valence-corrected chi connectivity index (χ3v) is 5.61. The van der Waals surface area contributed by atoms with Crippen LogP contribution in [0.15, 0.2) is 30.5 Å². The summed E-state index contributed by atoms with van der Waals surface area (Å²) in [6.07, 6.45) is 5.00. The summed E-state index contributed by atoms with van der Waals surface area (Å²) in [7, 11) is 2.02. The zero-order valence-electron chi connectivity index (χ0n) is 14.8. The molecular weight excluding hydrogens is 336 g/mol. The first-order valence-electron chi connectivity index (χ1n) is 9.06. The summed E-state index contributed by atoms with van der Waals surface area (Å²) in [5, 5.41) is 1.22. The van der Waals surface area contributed by atoms with Crippen LogP contribution in [0.4, 0.5) is 8.78 Å². The van der Waals surface area contributed by atoms with Crippen molar-refractivity contribution in [3.8, 4) is 0 Å². The lowest BCUT2D eigenvalue weighted by Gasteiger charge is -2.40. The molecule has 1 aromatic carbocycles. The maximum Gasteiger partial charge on any atom is 0.230 e. The molecule has 0 fully saturated rings. The van der Waals surface area contributed by atoms with Gasteiger partial charge in [-0.2, -0.15) is 0 Å². The number of aromatic amines is 1. The summed E-state index contributed by atoms with van der Waals surface area (Å²) >= 11 is 0. The fourth-order valence-electron chi connectivity index (χ4n) is 4.38. The highest BCUT2D eigenvalue weighted by atomic mass is 19.1. The molecule has 4 rings (SSSR count). The summed E-state index contributed by atoms with van der Waals surface area (Å²) in [4.78, 5) is 19.7. The van der Waals surface area contributed by atoms with Crippen LogP contribution >= 0.6 is 0 Å². The number of carbonyl (C=O) groups is 1. The second-order valence-corrected chi connectivity index (χ2v) is 7.13. The zero-order valence-corrected chi connectivity index (χ0v) is 14.8. The quantitative estimate of drug-likeness (QED) is 0.892. The van der Waals surface area contributed by atoms with Gasteiger partial charge in [-0.3, -0.25) is 9.69 Å². The van der Waals surface area contributed by atoms with Crippen molar-refractivity contribution < 1.29 is 13.6 Å². The molecule has 1 aliphatic heterocycles. The summed E-state index contributed by atoms with van der Waals surface area (Å²) in [6, 6.07) is 6.40. The van der Waals surface area contributed by atoms with E-state index in [-0.39, 0.29) is 31.0 Å². The molecule has 0 saturated carbocycles. The van der Waals surface area contributed by atoms with Crippen LogP contribution in [0, 0.1) is 5.92 Å². The third-order valence-electron chi connectivity index (χ3n) is 5.61. The molecule has 0 spiro atoms. The Morgan fingerprint density at radius 1 is 1.31 bits per heavy atom. The zero-order chi connectivity index (χ0) is 18.3. The van der Waals surface area contributed by atoms with Crippen LogP contribution in [0.3, 0.4) is 0 Å². The number of aromatic nitrogens is 1. The lowest BCUT2D eigenvalue weighted by Crippen LogP contribution is -2.48. The summed E-state index contributed by atoms with van der Waals surface area (Å²) < 4.78 is 25.6. The topological polar surface area (TPSA) is 39.3 Å². The molecule has 1 N–H and O–H groups in total. The Morgan fingerprint density at radius 2 is 2.08 bits per heavy atom. The average Bonchev–Trinajstić information content (AvgIpc) is 3.06. The molecule has 2 atom stereocenters. The molecule has 1 aliphatic carbocycles. The Labute approximate surface area is 151 Å². The van der Waals surface area contributed by atoms with Gasteiger partial charge in [-0.25, -0.2) is 8.78 Å². The Kier molecular flexibility index (Phi) is 4.53. The number of likely N-dealkylation sites (N-methyl/N-ethyl adjacent to an activating group) is 1. The summed E-state index contributed by atoms with van der Waals surface area (Å²) in [5.74, 6) is -0.565. The molecule has 2 aromatic rings. The smallest absolute Gasteiger partial charge is 0.230 e. The first kappa shape index (κ1) is 17.2. The van der Waals surface area contributed by atoms with Crippen LogP contribution in [-0.4, -0.2) is 66.8 Å². The van der Waals surface area contributed by atoms with Crippen LogP contribution in [0.25, 0.3) is 16.5 Å². The van der Waals surface area contributed by atoms with E-state index in [0.29, 0.717) is 6.54 Å². The second kappa shape index (κ2) is 6.83. The molecule has 0 radical (unpaired) electrons. The van der Waals surface area contributed by atoms with Gasteiger partial charge in [0.05, 0.1) is 5.92 Å². The maximum atomic E-state index is 12.9. The monoisotopic (exact) mass is 359 g/mol. The van der Waals surface area contributed by atoms with Crippen molar-refractivity contribution in [3.05, 3.63) is 41.6 Å². The van der Waals surface area contributed by atoms with E-state index < -0.39 is 13.3 Å². The van der Waals surface area contributed by atoms with Crippen LogP contribution in [0.5, 0.6) is 0 Å². The van der Waals surface area contributed by atoms with Crippen molar-refractivity contribution in [2.75, 3.05) is 40.0 Å². The molecule has 1 aromatic heterocycles. The maximum absolute atomic E-state index is 12.9. The van der Waals surface area contributed by atoms with Gasteiger partial charge in [0, 0.05) is 42.8 Å². The van der Waals surface area contributed by atoms with Crippen molar-refractivity contribution in [1.82, 2.24) is 14.8 Å². The summed E-state index contributed by atoms with van der Waals surface area (Å²) in [5.41, 5.74) is 4.70. The number of hydrogen-bond donors (Lipinski definition) is 1. The predicted molar refractivity (Wildman–Crippen MR) is 98.4 cm³/mol. The fraction of sp³-hybridized carbons (Fsp3) is 0.450. The SMILES string of the molecule is CN1CC(C(=O)N(CCF)CCF)C=C2c3cccc4[nH]cc(c34)CC21. The van der Waals surface area contributed by atoms with E-state index in [1.807, 2.05) is 19.2 Å². The Balaban J connectivity index is 1.73. The highest BCUT2D eigenvalue weighted by Gasteiger charge is 2.36. The van der Waals surface area contributed by atoms with Gasteiger partial charge in [-0.05, 0) is 36.2 Å². The molecule has 2 aliphatic rings. The minimum atomic E-state index is -0.653. The van der Waals surface area contributed by atoms with Gasteiger partial charge < -0.3 is 9.88 Å². The molecule has 26 heavy (non-hydrogen) atoms. The molecule has 1 amide bonds. The molecule has 0 bridgehead atoms. The van der Waals surface area contributed by atoms with Crippen molar-refractivity contribution >= 4 is 22.4 Å². The number of fused-ring (bicyclic) bond motifs is 2. The molecule has 2 heterocycles. The Bertz CT molecular complexity index is 854. The number of amides is 1. The van der Waals surface area contributed by atoms with Gasteiger partial charge in [-0.1, -0.05) is 18.2 Å². The minimum absolute atomic E-state index is 0.0485. The number of alkyl halides is 2. The van der Waals surface area contributed by atoms with E-state index >= 15 is 0 Å². The first-order valence-corrected chi connectivity index (χ1v) is 9.06. The molecule has 6 heteroatoms. The number of halogens is 2. The molecule has 0 saturated heterocycles. The molecular formula is C20H23F2N3O. The largest absolute Gasteiger partial charge is 0.361 e. The van der Waals surface area contributed by atoms with Gasteiger partial charge >= 0.3 is 0 Å². The van der Waals surface area contributed by atoms with Gasteiger partial charge in [0.25, 0.3) is 0 Å². The Hall–Kier alpha value is -2.21. The normalized spacial score (nSPS) is 22.2. The number of benzene rings is 1. The van der Waals surface area contributed by atoms with Crippen molar-refractivity contribution in [3.63, 3.8) is 0 Å². The van der Waals surface area contributed by atoms with E-state index in [4.69, 9.17) is 0 Å². The van der Waals surface area contributed by atoms with E-state index in [9.17, 15) is 13.6 Å². The fourth-order valence-corrected chi connectivity index (χ4v) is 4.38. The second-order valence-electron chi connectivity index (χ2n) is 7.13. The van der Waals surface area contributed by atoms with E-state index in [0.717, 1.165) is 23.1 Å². The highest BCUT2D eigenvalue weighted by Crippen LogP contribution is 2.40. The number of nitrogens with zero attached hydrogens (tertiary/aromatic N) is 2. The van der Waals surface area contributed by atoms with Crippen LogP contribution < -0.4 is 0 Å². The predicted octanol–water partition coefficient (Wildman–Crippen LogP) is 2.81. The third kappa shape index (κ3) is 2.72. The van der Waals surface area contributed by atoms with Gasteiger partial charge in [0.15, 0.2) is 0 Å². The van der Waals surface area contributed by atoms with E-state index in [1.165, 1.54) is 15.8 Å². The molecule has 138 valence electrons. The van der Waals surface area contributed by atoms with E-state index in [1.54, 1.807) is 0 Å². The number of carbonyl (C=O) groups excluding carboxylic acids is 1. The standard InChI is InChI=1S/C20H23F2N3O/c1-24-12-14(20(26)25(7-5-21)8-6-22)9-16-15-3-2-4-17-19(15)13(11-23-17)10-18(16)24/h2-4,9,11,14,18,23H,5-8,10,12H2,1H3. The molecule has 2 unspecified atom stereocenters. The number of hydrogen-bond acceptors (Lipinski definition) is 2. The summed E-state index contributed by atoms with van der Waals surface area (Å²) in [6.45, 7) is -0.836. The van der Waals surface area contributed by atoms with Crippen molar-refractivity contribution in [2.45, 2.75) is 12.5 Å². The lowest BCUT2D eigenvalue weighted by molar-refractivity contribution is -0.135. The van der Waals surface area contributed by atoms with E-state index in [2.05, 4.69) is 28.2 Å². The number of rotatable bonds is 5. The van der Waals surface area contributed by atoms with Crippen LogP contribution in [0.2, 0.25) is 0 Å². The van der Waals surface area contributed by atoms with Gasteiger partial charge in [0.1, 0.15) is 13.3 Å². The van der Waals surface area contributed by atoms with Crippen molar-refractivity contribution in [1.29, 1.82) is 0 Å². The number of H-pyrrole nitrogens is 1. The average molecular weight is 359 g/mol. The van der Waals surface area contributed by atoms with Crippen LogP contribution in [0.1, 0.15) is 11.1 Å². The molecule has 4 nitrogen and oxygen atoms in total. The van der Waals surface area contributed by atoms with Crippen molar-refractivity contribution in [2.24, 2.45) is 5.92 Å². The first-order chi connectivity index (χ1) is 12.6. The number of nitrogens with one attached hydrogen (secondary N) is 1.